The van der Waals surface area contributed by atoms with Gasteiger partial charge in [-0.15, -0.1) is 0 Å². The Balaban J connectivity index is 1.47. The Hall–Kier alpha value is -1.30. The maximum atomic E-state index is 12.8. The first-order valence-electron chi connectivity index (χ1n) is 9.34. The summed E-state index contributed by atoms with van der Waals surface area (Å²) in [7, 11) is 0. The lowest BCUT2D eigenvalue weighted by molar-refractivity contribution is 0.0817. The molecule has 0 atom stereocenters. The highest BCUT2D eigenvalue weighted by Crippen LogP contribution is 2.36. The van der Waals surface area contributed by atoms with Gasteiger partial charge in [-0.25, -0.2) is 4.98 Å². The third kappa shape index (κ3) is 3.71. The highest BCUT2D eigenvalue weighted by Gasteiger charge is 2.40. The number of aromatic nitrogens is 1. The predicted octanol–water partition coefficient (Wildman–Crippen LogP) is 3.98. The number of halogens is 1. The van der Waals surface area contributed by atoms with Crippen LogP contribution in [0.1, 0.15) is 36.0 Å². The van der Waals surface area contributed by atoms with E-state index in [1.54, 1.807) is 6.07 Å². The summed E-state index contributed by atoms with van der Waals surface area (Å²) in [6.45, 7) is 3.03. The normalized spacial score (nSPS) is 20.3. The van der Waals surface area contributed by atoms with Gasteiger partial charge in [0.25, 0.3) is 5.91 Å². The fourth-order valence-corrected chi connectivity index (χ4v) is 5.32. The highest BCUT2D eigenvalue weighted by atomic mass is 35.5. The van der Waals surface area contributed by atoms with Crippen LogP contribution in [-0.2, 0) is 0 Å². The van der Waals surface area contributed by atoms with Crippen LogP contribution in [0, 0.1) is 0 Å². The zero-order valence-corrected chi connectivity index (χ0v) is 16.4. The number of nitrogens with one attached hydrogen (secondary N) is 1. The van der Waals surface area contributed by atoms with Crippen molar-refractivity contribution >= 4 is 40.2 Å². The average Bonchev–Trinajstić information content (AvgIpc) is 3.16. The molecule has 2 aromatic rings. The van der Waals surface area contributed by atoms with Crippen LogP contribution in [0.2, 0.25) is 5.15 Å². The summed E-state index contributed by atoms with van der Waals surface area (Å²) in [5, 5.41) is 4.63. The molecule has 1 N–H and O–H groups in total. The van der Waals surface area contributed by atoms with Crippen LogP contribution in [0.15, 0.2) is 30.3 Å². The van der Waals surface area contributed by atoms with E-state index in [9.17, 15) is 4.79 Å². The van der Waals surface area contributed by atoms with Gasteiger partial charge in [0.1, 0.15) is 5.15 Å². The first kappa shape index (κ1) is 18.1. The first-order chi connectivity index (χ1) is 12.7. The second-order valence-electron chi connectivity index (χ2n) is 7.26. The number of benzene rings is 1. The molecule has 0 unspecified atom stereocenters. The molecule has 1 amide bonds. The average molecular weight is 390 g/mol. The number of carbonyl (C=O) groups is 1. The molecule has 1 aromatic heterocycles. The summed E-state index contributed by atoms with van der Waals surface area (Å²) in [5.41, 5.74) is 1.65. The van der Waals surface area contributed by atoms with Gasteiger partial charge < -0.3 is 5.32 Å². The molecule has 4 rings (SSSR count). The van der Waals surface area contributed by atoms with Crippen molar-refractivity contribution in [2.75, 3.05) is 31.1 Å². The van der Waals surface area contributed by atoms with Gasteiger partial charge in [0.2, 0.25) is 0 Å². The summed E-state index contributed by atoms with van der Waals surface area (Å²) in [6.07, 6.45) is 4.92. The molecule has 1 aromatic carbocycles. The molecule has 26 heavy (non-hydrogen) atoms. The third-order valence-corrected chi connectivity index (χ3v) is 6.86. The molecule has 0 radical (unpaired) electrons. The number of rotatable bonds is 4. The summed E-state index contributed by atoms with van der Waals surface area (Å²) in [6, 6.07) is 9.26. The summed E-state index contributed by atoms with van der Waals surface area (Å²) >= 11 is 7.97. The van der Waals surface area contributed by atoms with Crippen LogP contribution in [-0.4, -0.2) is 52.5 Å². The molecule has 2 heterocycles. The van der Waals surface area contributed by atoms with Gasteiger partial charge in [-0.1, -0.05) is 24.4 Å². The van der Waals surface area contributed by atoms with Gasteiger partial charge in [-0.3, -0.25) is 9.69 Å². The summed E-state index contributed by atoms with van der Waals surface area (Å²) in [4.78, 5) is 19.7. The second-order valence-corrected chi connectivity index (χ2v) is 8.87. The van der Waals surface area contributed by atoms with E-state index in [2.05, 4.69) is 15.2 Å². The number of pyridine rings is 1. The van der Waals surface area contributed by atoms with Crippen LogP contribution < -0.4 is 5.32 Å². The summed E-state index contributed by atoms with van der Waals surface area (Å²) < 4.78 is 0. The third-order valence-electron chi connectivity index (χ3n) is 5.71. The number of thioether (sulfide) groups is 1. The van der Waals surface area contributed by atoms with E-state index in [-0.39, 0.29) is 11.4 Å². The fraction of sp³-hybridized carbons (Fsp3) is 0.500. The van der Waals surface area contributed by atoms with Gasteiger partial charge in [0, 0.05) is 47.6 Å². The number of amides is 1. The topological polar surface area (TPSA) is 45.2 Å². The molecule has 138 valence electrons. The van der Waals surface area contributed by atoms with E-state index in [1.807, 2.05) is 36.0 Å². The van der Waals surface area contributed by atoms with Crippen molar-refractivity contribution in [3.8, 4) is 0 Å². The zero-order valence-electron chi connectivity index (χ0n) is 14.8. The maximum absolute atomic E-state index is 12.8. The van der Waals surface area contributed by atoms with E-state index >= 15 is 0 Å². The van der Waals surface area contributed by atoms with Crippen molar-refractivity contribution in [1.82, 2.24) is 15.2 Å². The Morgan fingerprint density at radius 2 is 1.96 bits per heavy atom. The molecule has 1 aliphatic heterocycles. The minimum atomic E-state index is -0.000454. The van der Waals surface area contributed by atoms with Gasteiger partial charge in [-0.05, 0) is 43.2 Å². The van der Waals surface area contributed by atoms with Crippen molar-refractivity contribution < 1.29 is 4.79 Å². The number of hydrogen-bond acceptors (Lipinski definition) is 4. The van der Waals surface area contributed by atoms with E-state index < -0.39 is 0 Å². The van der Waals surface area contributed by atoms with Gasteiger partial charge in [0.15, 0.2) is 0 Å². The number of nitrogens with zero attached hydrogens (tertiary/aromatic N) is 2. The van der Waals surface area contributed by atoms with Crippen molar-refractivity contribution in [2.24, 2.45) is 0 Å². The number of fused-ring (bicyclic) bond motifs is 1. The molecule has 1 aliphatic carbocycles. The molecule has 4 nitrogen and oxygen atoms in total. The molecule has 2 aliphatic rings. The second kappa shape index (κ2) is 7.75. The monoisotopic (exact) mass is 389 g/mol. The van der Waals surface area contributed by atoms with Crippen molar-refractivity contribution in [1.29, 1.82) is 0 Å². The lowest BCUT2D eigenvalue weighted by Gasteiger charge is -2.43. The van der Waals surface area contributed by atoms with Crippen LogP contribution in [0.25, 0.3) is 10.9 Å². The van der Waals surface area contributed by atoms with E-state index in [0.29, 0.717) is 10.7 Å². The first-order valence-corrected chi connectivity index (χ1v) is 10.9. The van der Waals surface area contributed by atoms with Crippen LogP contribution in [0.3, 0.4) is 0 Å². The van der Waals surface area contributed by atoms with Gasteiger partial charge in [-0.2, -0.15) is 11.8 Å². The Labute approximate surface area is 163 Å². The lowest BCUT2D eigenvalue weighted by Crippen LogP contribution is -2.56. The molecule has 0 spiro atoms. The van der Waals surface area contributed by atoms with Crippen LogP contribution in [0.5, 0.6) is 0 Å². The number of carbonyl (C=O) groups excluding carboxylic acids is 1. The molecular weight excluding hydrogens is 366 g/mol. The smallest absolute Gasteiger partial charge is 0.251 e. The SMILES string of the molecule is O=C(NCC1(N2CCSCC2)CCCC1)c1ccc2nc(Cl)ccc2c1. The fourth-order valence-electron chi connectivity index (χ4n) is 4.26. The van der Waals surface area contributed by atoms with Gasteiger partial charge in [0.05, 0.1) is 5.52 Å². The Bertz CT molecular complexity index is 801. The van der Waals surface area contributed by atoms with E-state index in [0.717, 1.165) is 30.5 Å². The quantitative estimate of drug-likeness (QED) is 0.803. The van der Waals surface area contributed by atoms with Crippen molar-refractivity contribution in [3.05, 3.63) is 41.0 Å². The largest absolute Gasteiger partial charge is 0.350 e. The number of hydrogen-bond donors (Lipinski definition) is 1. The molecule has 6 heteroatoms. The Morgan fingerprint density at radius 1 is 1.19 bits per heavy atom. The summed E-state index contributed by atoms with van der Waals surface area (Å²) in [5.74, 6) is 2.41. The Kier molecular flexibility index (Phi) is 5.39. The maximum Gasteiger partial charge on any atom is 0.251 e. The van der Waals surface area contributed by atoms with E-state index in [1.165, 1.54) is 37.2 Å². The Morgan fingerprint density at radius 3 is 2.73 bits per heavy atom. The highest BCUT2D eigenvalue weighted by molar-refractivity contribution is 7.99. The lowest BCUT2D eigenvalue weighted by atomic mass is 9.94. The predicted molar refractivity (Wildman–Crippen MR) is 109 cm³/mol. The molecule has 1 saturated carbocycles. The molecule has 0 bridgehead atoms. The van der Waals surface area contributed by atoms with Crippen molar-refractivity contribution in [2.45, 2.75) is 31.2 Å². The standard InChI is InChI=1S/C20H24ClN3OS/c21-18-6-4-15-13-16(3-5-17(15)23-18)19(25)22-14-20(7-1-2-8-20)24-9-11-26-12-10-24/h3-6,13H,1-2,7-12,14H2,(H,22,25). The van der Waals surface area contributed by atoms with Crippen LogP contribution in [0.4, 0.5) is 0 Å². The zero-order chi connectivity index (χ0) is 18.0. The van der Waals surface area contributed by atoms with Crippen LogP contribution >= 0.6 is 23.4 Å². The molecule has 2 fully saturated rings. The minimum Gasteiger partial charge on any atom is -0.350 e. The minimum absolute atomic E-state index is 0.000454. The molecule has 1 saturated heterocycles. The van der Waals surface area contributed by atoms with Gasteiger partial charge >= 0.3 is 0 Å². The van der Waals surface area contributed by atoms with Crippen molar-refractivity contribution in [3.63, 3.8) is 0 Å². The molecular formula is C20H24ClN3OS. The van der Waals surface area contributed by atoms with E-state index in [4.69, 9.17) is 11.6 Å².